The summed E-state index contributed by atoms with van der Waals surface area (Å²) in [5, 5.41) is 1.95. The highest BCUT2D eigenvalue weighted by molar-refractivity contribution is 8.50. The van der Waals surface area contributed by atoms with Crippen LogP contribution in [0.25, 0.3) is 0 Å². The second kappa shape index (κ2) is 5.82. The maximum absolute atomic E-state index is 11.7. The third kappa shape index (κ3) is 3.22. The third-order valence-electron chi connectivity index (χ3n) is 3.11. The normalized spacial score (nSPS) is 28.6. The van der Waals surface area contributed by atoms with Gasteiger partial charge in [-0.3, -0.25) is 4.55 Å². The molecule has 0 aliphatic carbocycles. The van der Waals surface area contributed by atoms with Crippen molar-refractivity contribution in [2.24, 2.45) is 10.2 Å². The van der Waals surface area contributed by atoms with Gasteiger partial charge in [-0.25, -0.2) is 0 Å². The second-order valence-electron chi connectivity index (χ2n) is 5.27. The van der Waals surface area contributed by atoms with Gasteiger partial charge < -0.3 is 0 Å². The molecule has 0 amide bonds. The average Bonchev–Trinajstić information content (AvgIpc) is 2.41. The molecule has 0 bridgehead atoms. The number of thiocarbonyl (C=S) groups is 1. The summed E-state index contributed by atoms with van der Waals surface area (Å²) < 4.78 is 47.2. The van der Waals surface area contributed by atoms with Crippen LogP contribution in [0, 0.1) is 5.41 Å². The van der Waals surface area contributed by atoms with Gasteiger partial charge in [0.15, 0.2) is 0 Å². The lowest BCUT2D eigenvalue weighted by molar-refractivity contribution is -0.0148. The fraction of sp³-hybridized carbons (Fsp3) is 0.417. The van der Waals surface area contributed by atoms with E-state index in [1.54, 1.807) is 0 Å². The van der Waals surface area contributed by atoms with Crippen molar-refractivity contribution < 1.29 is 22.0 Å². The molecule has 0 aromatic heterocycles. The van der Waals surface area contributed by atoms with E-state index in [0.717, 1.165) is 5.56 Å². The van der Waals surface area contributed by atoms with E-state index in [9.17, 15) is 13.0 Å². The average molecular weight is 348 g/mol. The van der Waals surface area contributed by atoms with E-state index in [-0.39, 0.29) is 6.61 Å². The molecule has 0 saturated carbocycles. The molecule has 1 N–H and O–H groups in total. The Kier molecular flexibility index (Phi) is 4.61. The van der Waals surface area contributed by atoms with E-state index in [4.69, 9.17) is 9.05 Å². The first-order chi connectivity index (χ1) is 9.72. The first-order valence-electron chi connectivity index (χ1n) is 6.06. The predicted molar refractivity (Wildman–Crippen MR) is 83.5 cm³/mol. The van der Waals surface area contributed by atoms with Crippen LogP contribution in [0.2, 0.25) is 0 Å². The summed E-state index contributed by atoms with van der Waals surface area (Å²) in [6.45, 7) is 3.81. The van der Waals surface area contributed by atoms with Crippen molar-refractivity contribution in [1.82, 2.24) is 0 Å². The Morgan fingerprint density at radius 1 is 1.43 bits per heavy atom. The maximum Gasteiger partial charge on any atom is 0.558 e. The van der Waals surface area contributed by atoms with Crippen LogP contribution in [0.4, 0.5) is 0 Å². The lowest BCUT2D eigenvalue weighted by atomic mass is 9.83. The van der Waals surface area contributed by atoms with Crippen molar-refractivity contribution in [2.75, 3.05) is 6.61 Å². The summed E-state index contributed by atoms with van der Waals surface area (Å²) in [5.41, 5.74) is 0.283. The zero-order chi connectivity index (χ0) is 15.7. The molecule has 1 aliphatic rings. The molecule has 1 fully saturated rings. The highest BCUT2D eigenvalue weighted by atomic mass is 32.8. The predicted octanol–water partition coefficient (Wildman–Crippen LogP) is 3.47. The van der Waals surface area contributed by atoms with Crippen LogP contribution in [-0.2, 0) is 18.8 Å². The van der Waals surface area contributed by atoms with Crippen molar-refractivity contribution in [1.29, 1.82) is 0 Å². The summed E-state index contributed by atoms with van der Waals surface area (Å²) in [5.74, 6) is 0. The van der Waals surface area contributed by atoms with Crippen LogP contribution in [0.3, 0.4) is 0 Å². The summed E-state index contributed by atoms with van der Waals surface area (Å²) in [6, 6.07) is 9.12. The Balaban J connectivity index is 2.51. The quantitative estimate of drug-likeness (QED) is 0.390. The Bertz CT molecular complexity index is 672. The summed E-state index contributed by atoms with van der Waals surface area (Å²) in [6.07, 6.45) is -0.602. The van der Waals surface area contributed by atoms with Crippen LogP contribution < -0.4 is 0 Å². The zero-order valence-corrected chi connectivity index (χ0v) is 14.0. The number of rotatable bonds is 3. The Hall–Kier alpha value is -0.720. The highest BCUT2D eigenvalue weighted by Crippen LogP contribution is 2.73. The summed E-state index contributed by atoms with van der Waals surface area (Å²) in [4.78, 5) is 0. The molecular formula is C12H15NO5PS2+. The lowest BCUT2D eigenvalue weighted by Crippen LogP contribution is -2.36. The van der Waals surface area contributed by atoms with E-state index < -0.39 is 28.3 Å². The van der Waals surface area contributed by atoms with Gasteiger partial charge in [-0.05, 0) is 17.8 Å². The highest BCUT2D eigenvalue weighted by Gasteiger charge is 2.66. The number of nitrogens with zero attached hydrogens (tertiary/aromatic N) is 1. The fourth-order valence-corrected chi connectivity index (χ4v) is 5.88. The minimum absolute atomic E-state index is 0.0562. The molecule has 21 heavy (non-hydrogen) atoms. The first kappa shape index (κ1) is 16.6. The van der Waals surface area contributed by atoms with E-state index in [2.05, 4.69) is 17.0 Å². The van der Waals surface area contributed by atoms with Gasteiger partial charge in [-0.1, -0.05) is 44.2 Å². The van der Waals surface area contributed by atoms with Gasteiger partial charge in [0.25, 0.3) is 0 Å². The number of hydrogen-bond donors (Lipinski definition) is 1. The molecule has 114 valence electrons. The van der Waals surface area contributed by atoms with E-state index in [1.165, 1.54) is 0 Å². The van der Waals surface area contributed by atoms with E-state index >= 15 is 0 Å². The number of hydrogen-bond acceptors (Lipinski definition) is 6. The van der Waals surface area contributed by atoms with Gasteiger partial charge in [-0.15, -0.1) is 0 Å². The van der Waals surface area contributed by atoms with Crippen LogP contribution in [0.1, 0.15) is 25.5 Å². The minimum Gasteiger partial charge on any atom is -0.251 e. The summed E-state index contributed by atoms with van der Waals surface area (Å²) in [7, 11) is -8.61. The largest absolute Gasteiger partial charge is 0.558 e. The van der Waals surface area contributed by atoms with Gasteiger partial charge in [0.1, 0.15) is 17.9 Å². The lowest BCUT2D eigenvalue weighted by Gasteiger charge is -2.37. The molecule has 9 heteroatoms. The number of isothiocyanates is 1. The molecule has 1 aromatic carbocycles. The van der Waals surface area contributed by atoms with Crippen LogP contribution >= 0.6 is 19.3 Å². The molecular weight excluding hydrogens is 333 g/mol. The monoisotopic (exact) mass is 348 g/mol. The van der Waals surface area contributed by atoms with Crippen molar-refractivity contribution in [3.05, 3.63) is 35.9 Å². The van der Waals surface area contributed by atoms with Crippen molar-refractivity contribution in [2.45, 2.75) is 20.0 Å². The van der Waals surface area contributed by atoms with E-state index in [1.807, 2.05) is 49.3 Å². The molecule has 2 rings (SSSR count). The van der Waals surface area contributed by atoms with Crippen LogP contribution in [-0.4, -0.2) is 24.7 Å². The van der Waals surface area contributed by atoms with Gasteiger partial charge in [-0.2, -0.15) is 17.5 Å². The molecule has 1 saturated heterocycles. The van der Waals surface area contributed by atoms with Gasteiger partial charge in [0.05, 0.1) is 0 Å². The minimum atomic E-state index is -4.67. The third-order valence-corrected chi connectivity index (χ3v) is 7.76. The van der Waals surface area contributed by atoms with Crippen molar-refractivity contribution >= 4 is 34.2 Å². The van der Waals surface area contributed by atoms with Gasteiger partial charge >= 0.3 is 16.8 Å². The first-order valence-corrected chi connectivity index (χ1v) is 10.1. The molecule has 0 spiro atoms. The SMILES string of the molecule is CC1(C)CO[P+](N=C=S)(S(=O)(=O)O)OC1c1ccccc1. The van der Waals surface area contributed by atoms with Crippen LogP contribution in [0.15, 0.2) is 35.1 Å². The Labute approximate surface area is 129 Å². The standard InChI is InChI=1S/C12H14NO5PS2/c1-12(2)8-17-19(13-9-20,21(14,15)16)18-11(12)10-6-4-3-5-7-10/h3-7,11H,8H2,1-2H3/p+1. The summed E-state index contributed by atoms with van der Waals surface area (Å²) >= 11 is 4.46. The molecule has 1 aromatic rings. The molecule has 2 unspecified atom stereocenters. The molecule has 0 radical (unpaired) electrons. The second-order valence-corrected chi connectivity index (χ2v) is 10.7. The molecule has 1 heterocycles. The smallest absolute Gasteiger partial charge is 0.251 e. The van der Waals surface area contributed by atoms with Crippen molar-refractivity contribution in [3.8, 4) is 0 Å². The van der Waals surface area contributed by atoms with Crippen LogP contribution in [0.5, 0.6) is 0 Å². The fourth-order valence-electron chi connectivity index (χ4n) is 2.04. The van der Waals surface area contributed by atoms with Crippen molar-refractivity contribution in [3.63, 3.8) is 0 Å². The maximum atomic E-state index is 11.7. The Morgan fingerprint density at radius 2 is 2.05 bits per heavy atom. The molecule has 1 aliphatic heterocycles. The number of benzene rings is 1. The van der Waals surface area contributed by atoms with Gasteiger partial charge in [0, 0.05) is 10.2 Å². The molecule has 2 atom stereocenters. The van der Waals surface area contributed by atoms with Gasteiger partial charge in [0.2, 0.25) is 0 Å². The van der Waals surface area contributed by atoms with E-state index in [0.29, 0.717) is 0 Å². The topological polar surface area (TPSA) is 85.2 Å². The Morgan fingerprint density at radius 3 is 2.57 bits per heavy atom. The molecule has 6 nitrogen and oxygen atoms in total. The zero-order valence-electron chi connectivity index (χ0n) is 11.5.